The first kappa shape index (κ1) is 15.1. The molecule has 21 heavy (non-hydrogen) atoms. The normalized spacial score (nSPS) is 18.3. The Morgan fingerprint density at radius 2 is 2.29 bits per heavy atom. The molecule has 0 radical (unpaired) electrons. The van der Waals surface area contributed by atoms with Crippen molar-refractivity contribution < 1.29 is 4.74 Å². The Bertz CT molecular complexity index is 625. The van der Waals surface area contributed by atoms with E-state index in [0.29, 0.717) is 6.10 Å². The monoisotopic (exact) mass is 365 g/mol. The van der Waals surface area contributed by atoms with E-state index in [-0.39, 0.29) is 6.04 Å². The van der Waals surface area contributed by atoms with E-state index in [1.165, 1.54) is 20.5 Å². The summed E-state index contributed by atoms with van der Waals surface area (Å²) in [5, 5.41) is 5.81. The molecule has 0 bridgehead atoms. The van der Waals surface area contributed by atoms with Gasteiger partial charge in [-0.3, -0.25) is 0 Å². The van der Waals surface area contributed by atoms with E-state index in [1.807, 2.05) is 0 Å². The first-order valence-corrected chi connectivity index (χ1v) is 9.12. The van der Waals surface area contributed by atoms with E-state index >= 15 is 0 Å². The molecule has 0 amide bonds. The fraction of sp³-hybridized carbons (Fsp3) is 0.412. The average molecular weight is 366 g/mol. The van der Waals surface area contributed by atoms with E-state index in [1.54, 1.807) is 11.3 Å². The number of thiophene rings is 1. The van der Waals surface area contributed by atoms with Crippen LogP contribution >= 0.6 is 27.3 Å². The van der Waals surface area contributed by atoms with Crippen LogP contribution in [0.25, 0.3) is 0 Å². The van der Waals surface area contributed by atoms with Crippen LogP contribution in [0.3, 0.4) is 0 Å². The Hall–Kier alpha value is -0.840. The van der Waals surface area contributed by atoms with E-state index in [2.05, 4.69) is 64.7 Å². The van der Waals surface area contributed by atoms with Crippen LogP contribution in [0.2, 0.25) is 0 Å². The third kappa shape index (κ3) is 3.17. The van der Waals surface area contributed by atoms with Crippen molar-refractivity contribution in [2.45, 2.75) is 38.8 Å². The van der Waals surface area contributed by atoms with Crippen molar-refractivity contribution >= 4 is 27.3 Å². The molecule has 112 valence electrons. The summed E-state index contributed by atoms with van der Waals surface area (Å²) in [6, 6.07) is 8.99. The Labute approximate surface area is 138 Å². The number of halogens is 1. The van der Waals surface area contributed by atoms with Crippen LogP contribution in [0, 0.1) is 0 Å². The summed E-state index contributed by atoms with van der Waals surface area (Å²) in [5.41, 5.74) is 2.65. The molecule has 4 heteroatoms. The second-order valence-electron chi connectivity index (χ2n) is 5.52. The van der Waals surface area contributed by atoms with Crippen molar-refractivity contribution in [2.75, 3.05) is 6.54 Å². The van der Waals surface area contributed by atoms with Crippen LogP contribution in [0.15, 0.2) is 34.1 Å². The maximum absolute atomic E-state index is 5.81. The fourth-order valence-corrected chi connectivity index (χ4v) is 4.49. The molecule has 2 atom stereocenters. The zero-order valence-corrected chi connectivity index (χ0v) is 14.8. The molecular formula is C17H20BrNOS. The molecule has 1 aromatic carbocycles. The summed E-state index contributed by atoms with van der Waals surface area (Å²) in [6.45, 7) is 5.34. The van der Waals surface area contributed by atoms with Gasteiger partial charge in [-0.2, -0.15) is 0 Å². The minimum Gasteiger partial charge on any atom is -0.490 e. The van der Waals surface area contributed by atoms with Crippen LogP contribution in [0.5, 0.6) is 5.75 Å². The first-order valence-electron chi connectivity index (χ1n) is 7.44. The number of rotatable bonds is 5. The standard InChI is InChI=1S/C17H20BrNOS/c1-3-7-19-16(17-14(18)6-8-21-17)12-4-5-15-13(10-12)9-11(2)20-15/h4-6,8,10-11,16,19H,3,7,9H2,1-2H3. The number of ether oxygens (including phenoxy) is 1. The van der Waals surface area contributed by atoms with Crippen LogP contribution in [0.1, 0.15) is 42.3 Å². The Balaban J connectivity index is 1.94. The lowest BCUT2D eigenvalue weighted by Crippen LogP contribution is -2.22. The largest absolute Gasteiger partial charge is 0.490 e. The Morgan fingerprint density at radius 3 is 3.00 bits per heavy atom. The molecule has 0 aliphatic carbocycles. The Kier molecular flexibility index (Phi) is 4.67. The van der Waals surface area contributed by atoms with Gasteiger partial charge in [-0.1, -0.05) is 19.1 Å². The highest BCUT2D eigenvalue weighted by molar-refractivity contribution is 9.10. The lowest BCUT2D eigenvalue weighted by molar-refractivity contribution is 0.254. The van der Waals surface area contributed by atoms with E-state index < -0.39 is 0 Å². The summed E-state index contributed by atoms with van der Waals surface area (Å²) in [7, 11) is 0. The van der Waals surface area contributed by atoms with Crippen LogP contribution in [0.4, 0.5) is 0 Å². The van der Waals surface area contributed by atoms with E-state index in [0.717, 1.165) is 25.1 Å². The molecule has 3 rings (SSSR count). The number of nitrogens with one attached hydrogen (secondary N) is 1. The van der Waals surface area contributed by atoms with Gasteiger partial charge in [-0.25, -0.2) is 0 Å². The van der Waals surface area contributed by atoms with Crippen molar-refractivity contribution in [2.24, 2.45) is 0 Å². The molecule has 1 aromatic heterocycles. The molecule has 0 saturated heterocycles. The molecular weight excluding hydrogens is 346 g/mol. The second kappa shape index (κ2) is 6.51. The summed E-state index contributed by atoms with van der Waals surface area (Å²) in [5.74, 6) is 1.05. The summed E-state index contributed by atoms with van der Waals surface area (Å²) < 4.78 is 7.00. The van der Waals surface area contributed by atoms with Gasteiger partial charge in [0.25, 0.3) is 0 Å². The van der Waals surface area contributed by atoms with Gasteiger partial charge in [0.2, 0.25) is 0 Å². The summed E-state index contributed by atoms with van der Waals surface area (Å²) in [4.78, 5) is 1.34. The predicted molar refractivity (Wildman–Crippen MR) is 92.4 cm³/mol. The average Bonchev–Trinajstić information content (AvgIpc) is 3.04. The van der Waals surface area contributed by atoms with Crippen molar-refractivity contribution in [1.82, 2.24) is 5.32 Å². The van der Waals surface area contributed by atoms with Gasteiger partial charge in [-0.05, 0) is 64.5 Å². The molecule has 2 aromatic rings. The van der Waals surface area contributed by atoms with Gasteiger partial charge in [0, 0.05) is 15.8 Å². The SMILES string of the molecule is CCCNC(c1ccc2c(c1)CC(C)O2)c1sccc1Br. The molecule has 2 nitrogen and oxygen atoms in total. The van der Waals surface area contributed by atoms with Gasteiger partial charge in [0.1, 0.15) is 11.9 Å². The third-order valence-electron chi connectivity index (χ3n) is 3.76. The number of benzene rings is 1. The van der Waals surface area contributed by atoms with E-state index in [9.17, 15) is 0 Å². The van der Waals surface area contributed by atoms with Crippen LogP contribution in [-0.4, -0.2) is 12.6 Å². The van der Waals surface area contributed by atoms with Crippen molar-refractivity contribution in [3.63, 3.8) is 0 Å². The molecule has 0 fully saturated rings. The zero-order valence-electron chi connectivity index (χ0n) is 12.4. The smallest absolute Gasteiger partial charge is 0.123 e. The van der Waals surface area contributed by atoms with Crippen molar-refractivity contribution in [1.29, 1.82) is 0 Å². The van der Waals surface area contributed by atoms with Crippen molar-refractivity contribution in [3.05, 3.63) is 50.1 Å². The minimum absolute atomic E-state index is 0.250. The molecule has 1 aliphatic rings. The molecule has 1 aliphatic heterocycles. The molecule has 2 unspecified atom stereocenters. The molecule has 0 saturated carbocycles. The van der Waals surface area contributed by atoms with Gasteiger partial charge in [0.05, 0.1) is 6.04 Å². The third-order valence-corrected chi connectivity index (χ3v) is 5.69. The van der Waals surface area contributed by atoms with Gasteiger partial charge in [0.15, 0.2) is 0 Å². The van der Waals surface area contributed by atoms with Gasteiger partial charge >= 0.3 is 0 Å². The number of hydrogen-bond donors (Lipinski definition) is 1. The van der Waals surface area contributed by atoms with Gasteiger partial charge in [-0.15, -0.1) is 11.3 Å². The topological polar surface area (TPSA) is 21.3 Å². The fourth-order valence-electron chi connectivity index (χ4n) is 2.78. The molecule has 0 spiro atoms. The molecule has 2 heterocycles. The lowest BCUT2D eigenvalue weighted by atomic mass is 10.0. The highest BCUT2D eigenvalue weighted by atomic mass is 79.9. The second-order valence-corrected chi connectivity index (χ2v) is 7.32. The highest BCUT2D eigenvalue weighted by Gasteiger charge is 2.23. The van der Waals surface area contributed by atoms with Gasteiger partial charge < -0.3 is 10.1 Å². The summed E-state index contributed by atoms with van der Waals surface area (Å²) >= 11 is 5.47. The predicted octanol–water partition coefficient (Wildman–Crippen LogP) is 4.92. The number of hydrogen-bond acceptors (Lipinski definition) is 3. The lowest BCUT2D eigenvalue weighted by Gasteiger charge is -2.19. The maximum atomic E-state index is 5.81. The number of fused-ring (bicyclic) bond motifs is 1. The Morgan fingerprint density at radius 1 is 1.43 bits per heavy atom. The molecule has 1 N–H and O–H groups in total. The summed E-state index contributed by atoms with van der Waals surface area (Å²) in [6.07, 6.45) is 2.44. The minimum atomic E-state index is 0.250. The maximum Gasteiger partial charge on any atom is 0.123 e. The van der Waals surface area contributed by atoms with Crippen molar-refractivity contribution in [3.8, 4) is 5.75 Å². The zero-order chi connectivity index (χ0) is 14.8. The van der Waals surface area contributed by atoms with Crippen LogP contribution < -0.4 is 10.1 Å². The van der Waals surface area contributed by atoms with Crippen LogP contribution in [-0.2, 0) is 6.42 Å². The highest BCUT2D eigenvalue weighted by Crippen LogP contribution is 2.36. The quantitative estimate of drug-likeness (QED) is 0.811. The first-order chi connectivity index (χ1) is 10.2. The van der Waals surface area contributed by atoms with E-state index in [4.69, 9.17) is 4.74 Å².